The Morgan fingerprint density at radius 3 is 1.02 bits per heavy atom. The fourth-order valence-corrected chi connectivity index (χ4v) is 2.37. The van der Waals surface area contributed by atoms with Gasteiger partial charge in [0.05, 0.1) is 17.7 Å². The van der Waals surface area contributed by atoms with Gasteiger partial charge in [0, 0.05) is 0 Å². The molecule has 0 saturated carbocycles. The van der Waals surface area contributed by atoms with Crippen LogP contribution in [0.3, 0.4) is 0 Å². The molecule has 0 bridgehead atoms. The molecule has 4 aromatic carbocycles. The first-order valence-corrected chi connectivity index (χ1v) is 13.0. The second-order valence-corrected chi connectivity index (χ2v) is 5.85. The molecule has 0 atom stereocenters. The zero-order valence-corrected chi connectivity index (χ0v) is 27.7. The third-order valence-corrected chi connectivity index (χ3v) is 3.83. The van der Waals surface area contributed by atoms with E-state index in [9.17, 15) is 0 Å². The zero-order valence-electron chi connectivity index (χ0n) is 24.7. The Labute approximate surface area is 276 Å². The first-order chi connectivity index (χ1) is 17.8. The van der Waals surface area contributed by atoms with Crippen molar-refractivity contribution < 1.29 is 17.0 Å². The molecule has 4 heteroatoms. The molecule has 0 aliphatic rings. The Bertz CT molecular complexity index is 864. The Hall–Kier alpha value is -2.42. The molecule has 0 radical (unpaired) electrons. The second kappa shape index (κ2) is 46.4. The summed E-state index contributed by atoms with van der Waals surface area (Å²) >= 11 is 0. The topological polar surface area (TPSA) is 49.8 Å². The van der Waals surface area contributed by atoms with Gasteiger partial charge >= 0.3 is 23.1 Å². The van der Waals surface area contributed by atoms with Crippen molar-refractivity contribution in [2.24, 2.45) is 5.73 Å². The number of nitriles is 1. The van der Waals surface area contributed by atoms with Crippen molar-refractivity contribution in [1.82, 2.24) is 0 Å². The summed E-state index contributed by atoms with van der Waals surface area (Å²) in [5.74, 6) is 0. The minimum atomic E-state index is -0.0163. The maximum Gasteiger partial charge on any atom is 2.00 e. The number of nitrogens with zero attached hydrogens (tertiary/aromatic N) is 1. The van der Waals surface area contributed by atoms with Crippen molar-refractivity contribution in [2.75, 3.05) is 0 Å². The van der Waals surface area contributed by atoms with Crippen LogP contribution in [0, 0.1) is 17.4 Å². The fourth-order valence-electron chi connectivity index (χ4n) is 2.37. The van der Waals surface area contributed by atoms with Gasteiger partial charge in [-0.05, 0) is 23.3 Å². The van der Waals surface area contributed by atoms with Gasteiger partial charge in [-0.2, -0.15) is 41.7 Å². The van der Waals surface area contributed by atoms with Gasteiger partial charge in [-0.3, -0.25) is 0 Å². The minimum absolute atomic E-state index is 0. The normalized spacial score (nSPS) is 7.03. The Balaban J connectivity index is -0.0000000732. The molecule has 0 aliphatic heterocycles. The molecule has 4 aromatic rings. The van der Waals surface area contributed by atoms with Gasteiger partial charge < -0.3 is 22.7 Å². The van der Waals surface area contributed by atoms with Crippen molar-refractivity contribution >= 4 is 23.1 Å². The third-order valence-electron chi connectivity index (χ3n) is 3.83. The Kier molecular flexibility index (Phi) is 62.4. The second-order valence-electron chi connectivity index (χ2n) is 5.85. The Morgan fingerprint density at radius 2 is 0.825 bits per heavy atom. The van der Waals surface area contributed by atoms with Crippen LogP contribution in [0.15, 0.2) is 121 Å². The number of benzene rings is 4. The van der Waals surface area contributed by atoms with Crippen LogP contribution in [0.4, 0.5) is 0 Å². The molecular weight excluding hydrogens is 565 g/mol. The average molecular weight is 620 g/mol. The van der Waals surface area contributed by atoms with E-state index in [1.165, 1.54) is 0 Å². The molecule has 0 unspecified atom stereocenters. The van der Waals surface area contributed by atoms with Crippen molar-refractivity contribution in [3.63, 3.8) is 0 Å². The fraction of sp³-hybridized carbons (Fsp3) is 0.306. The van der Waals surface area contributed by atoms with Crippen LogP contribution in [0.25, 0.3) is 0 Å². The standard InChI is InChI=1S/C13H13N.C7H5N.C6H5.4C2H6.2CH4.BrH.Mg/c14-13(11-7-3-1-4-8-11)12-9-5-2-6-10-12;8-6-7-4-2-1-3-5-7;1-2-4-6-5-3-1;4*1-2;;;;/h1-10,13H,14H2;1-5H;1-5H;4*1-2H3;2*1H4;1H;/q;;-1;;;;;;;;+2/p-1. The molecule has 0 saturated heterocycles. The Morgan fingerprint density at radius 1 is 0.550 bits per heavy atom. The predicted molar refractivity (Wildman–Crippen MR) is 180 cm³/mol. The van der Waals surface area contributed by atoms with Crippen LogP contribution >= 0.6 is 0 Å². The van der Waals surface area contributed by atoms with Crippen LogP contribution < -0.4 is 22.7 Å². The molecule has 0 amide bonds. The van der Waals surface area contributed by atoms with Gasteiger partial charge in [0.15, 0.2) is 0 Å². The van der Waals surface area contributed by atoms with Crippen LogP contribution in [0.5, 0.6) is 0 Å². The third kappa shape index (κ3) is 30.1. The summed E-state index contributed by atoms with van der Waals surface area (Å²) in [4.78, 5) is 0. The molecule has 4 rings (SSSR count). The van der Waals surface area contributed by atoms with Gasteiger partial charge in [-0.1, -0.05) is 149 Å². The SMILES string of the molecule is C.C.CC.CC.CC.CC.N#Cc1ccccc1.NC(c1ccccc1)c1ccccc1.[Br-].[Mg+2].[c-]1ccccc1. The number of hydrogen-bond acceptors (Lipinski definition) is 2. The molecule has 2 nitrogen and oxygen atoms in total. The summed E-state index contributed by atoms with van der Waals surface area (Å²) in [5, 5.41) is 8.29. The molecular formula is C36H55BrMgN2. The first-order valence-electron chi connectivity index (χ1n) is 13.0. The van der Waals surface area contributed by atoms with E-state index in [0.717, 1.165) is 11.1 Å². The van der Waals surface area contributed by atoms with Gasteiger partial charge in [0.1, 0.15) is 0 Å². The predicted octanol–water partition coefficient (Wildman–Crippen LogP) is 7.78. The van der Waals surface area contributed by atoms with Crippen LogP contribution in [0.2, 0.25) is 0 Å². The monoisotopic (exact) mass is 618 g/mol. The molecule has 0 aliphatic carbocycles. The van der Waals surface area contributed by atoms with Crippen molar-refractivity contribution in [1.29, 1.82) is 5.26 Å². The molecule has 0 spiro atoms. The number of nitrogens with two attached hydrogens (primary N) is 1. The van der Waals surface area contributed by atoms with E-state index in [1.807, 2.05) is 146 Å². The van der Waals surface area contributed by atoms with E-state index in [2.05, 4.69) is 30.3 Å². The summed E-state index contributed by atoms with van der Waals surface area (Å²) in [6.07, 6.45) is 0. The maximum atomic E-state index is 8.29. The van der Waals surface area contributed by atoms with Crippen LogP contribution in [-0.4, -0.2) is 23.1 Å². The number of rotatable bonds is 2. The largest absolute Gasteiger partial charge is 2.00 e. The van der Waals surface area contributed by atoms with Gasteiger partial charge in [0.2, 0.25) is 0 Å². The molecule has 0 fully saturated rings. The van der Waals surface area contributed by atoms with E-state index in [-0.39, 0.29) is 60.9 Å². The van der Waals surface area contributed by atoms with Crippen LogP contribution in [-0.2, 0) is 0 Å². The summed E-state index contributed by atoms with van der Waals surface area (Å²) in [6.45, 7) is 16.0. The van der Waals surface area contributed by atoms with Crippen molar-refractivity contribution in [3.8, 4) is 6.07 Å². The smallest absolute Gasteiger partial charge is 1.00 e. The van der Waals surface area contributed by atoms with E-state index in [1.54, 1.807) is 12.1 Å². The molecule has 218 valence electrons. The number of halogens is 1. The number of hydrogen-bond donors (Lipinski definition) is 1. The quantitative estimate of drug-likeness (QED) is 0.184. The maximum absolute atomic E-state index is 8.29. The van der Waals surface area contributed by atoms with E-state index in [0.29, 0.717) is 5.56 Å². The van der Waals surface area contributed by atoms with Gasteiger partial charge in [-0.15, -0.1) is 0 Å². The van der Waals surface area contributed by atoms with E-state index >= 15 is 0 Å². The summed E-state index contributed by atoms with van der Waals surface area (Å²) in [5.41, 5.74) is 9.13. The molecule has 0 heterocycles. The average Bonchev–Trinajstić information content (AvgIpc) is 3.03. The van der Waals surface area contributed by atoms with E-state index < -0.39 is 0 Å². The summed E-state index contributed by atoms with van der Waals surface area (Å²) in [6, 6.07) is 43.9. The first kappa shape index (κ1) is 53.8. The minimum Gasteiger partial charge on any atom is -1.00 e. The van der Waals surface area contributed by atoms with Crippen LogP contribution in [0.1, 0.15) is 93.0 Å². The van der Waals surface area contributed by atoms with E-state index in [4.69, 9.17) is 11.0 Å². The zero-order chi connectivity index (χ0) is 27.9. The molecule has 2 N–H and O–H groups in total. The summed E-state index contributed by atoms with van der Waals surface area (Å²) < 4.78 is 0. The van der Waals surface area contributed by atoms with Gasteiger partial charge in [-0.25, -0.2) is 0 Å². The van der Waals surface area contributed by atoms with Crippen molar-refractivity contribution in [2.45, 2.75) is 76.3 Å². The summed E-state index contributed by atoms with van der Waals surface area (Å²) in [7, 11) is 0. The van der Waals surface area contributed by atoms with Crippen molar-refractivity contribution in [3.05, 3.63) is 144 Å². The van der Waals surface area contributed by atoms with Gasteiger partial charge in [0.25, 0.3) is 0 Å². The molecule has 40 heavy (non-hydrogen) atoms. The molecule has 0 aromatic heterocycles.